The summed E-state index contributed by atoms with van der Waals surface area (Å²) >= 11 is 0. The van der Waals surface area contributed by atoms with Crippen molar-refractivity contribution < 1.29 is 9.90 Å². The van der Waals surface area contributed by atoms with Crippen molar-refractivity contribution in [1.82, 2.24) is 0 Å². The van der Waals surface area contributed by atoms with Crippen LogP contribution >= 0.6 is 0 Å². The lowest BCUT2D eigenvalue weighted by Crippen LogP contribution is -2.16. The summed E-state index contributed by atoms with van der Waals surface area (Å²) in [6, 6.07) is 0. The smallest absolute Gasteiger partial charge is 0.306 e. The molecule has 1 fully saturated rings. The highest BCUT2D eigenvalue weighted by Crippen LogP contribution is 2.35. The van der Waals surface area contributed by atoms with Gasteiger partial charge in [0.25, 0.3) is 0 Å². The van der Waals surface area contributed by atoms with Gasteiger partial charge < -0.3 is 5.11 Å². The average molecular weight is 282 g/mol. The largest absolute Gasteiger partial charge is 0.481 e. The van der Waals surface area contributed by atoms with Crippen LogP contribution in [0.5, 0.6) is 0 Å². The predicted molar refractivity (Wildman–Crippen MR) is 84.7 cm³/mol. The summed E-state index contributed by atoms with van der Waals surface area (Å²) in [4.78, 5) is 10.8. The van der Waals surface area contributed by atoms with Crippen molar-refractivity contribution in [2.24, 2.45) is 29.6 Å². The highest BCUT2D eigenvalue weighted by atomic mass is 16.4. The van der Waals surface area contributed by atoms with E-state index in [4.69, 9.17) is 5.11 Å². The number of aliphatic carboxylic acids is 1. The van der Waals surface area contributed by atoms with E-state index >= 15 is 0 Å². The molecule has 20 heavy (non-hydrogen) atoms. The van der Waals surface area contributed by atoms with Gasteiger partial charge in [-0.1, -0.05) is 66.2 Å². The van der Waals surface area contributed by atoms with Gasteiger partial charge in [0.15, 0.2) is 0 Å². The fourth-order valence-electron chi connectivity index (χ4n) is 3.49. The van der Waals surface area contributed by atoms with Crippen molar-refractivity contribution in [2.75, 3.05) is 0 Å². The Morgan fingerprint density at radius 2 is 1.45 bits per heavy atom. The summed E-state index contributed by atoms with van der Waals surface area (Å²) in [6.45, 7) is 8.89. The van der Waals surface area contributed by atoms with Crippen LogP contribution in [0.25, 0.3) is 0 Å². The van der Waals surface area contributed by atoms with Crippen LogP contribution < -0.4 is 0 Å². The van der Waals surface area contributed by atoms with Crippen LogP contribution in [0.15, 0.2) is 0 Å². The van der Waals surface area contributed by atoms with Crippen molar-refractivity contribution >= 4 is 5.97 Å². The maximum absolute atomic E-state index is 10.8. The van der Waals surface area contributed by atoms with Crippen molar-refractivity contribution in [2.45, 2.75) is 79.1 Å². The fraction of sp³-hybridized carbons (Fsp3) is 0.944. The van der Waals surface area contributed by atoms with Crippen LogP contribution in [0.1, 0.15) is 79.1 Å². The zero-order valence-corrected chi connectivity index (χ0v) is 13.9. The maximum Gasteiger partial charge on any atom is 0.306 e. The molecule has 0 aliphatic heterocycles. The summed E-state index contributed by atoms with van der Waals surface area (Å²) in [5.74, 6) is 2.38. The number of rotatable bonds is 9. The molecule has 0 saturated heterocycles. The van der Waals surface area contributed by atoms with E-state index in [0.29, 0.717) is 5.92 Å². The van der Waals surface area contributed by atoms with Crippen LogP contribution in [0.4, 0.5) is 0 Å². The molecule has 0 bridgehead atoms. The molecule has 0 amide bonds. The first-order valence-electron chi connectivity index (χ1n) is 8.64. The second-order valence-corrected chi connectivity index (χ2v) is 7.37. The standard InChI is InChI=1S/C18H34O2/c1-13(14(2)10-12-16(4)18(19)20)9-11-15(3)17-7-5-6-8-17/h13-17H,5-12H2,1-4H3,(H,19,20). The van der Waals surface area contributed by atoms with Gasteiger partial charge in [0, 0.05) is 0 Å². The minimum absolute atomic E-state index is 0.193. The number of carboxylic acid groups (broad SMARTS) is 1. The molecule has 1 N–H and O–H groups in total. The summed E-state index contributed by atoms with van der Waals surface area (Å²) < 4.78 is 0. The summed E-state index contributed by atoms with van der Waals surface area (Å²) in [5.41, 5.74) is 0. The summed E-state index contributed by atoms with van der Waals surface area (Å²) in [5, 5.41) is 8.93. The molecule has 1 aliphatic rings. The zero-order chi connectivity index (χ0) is 15.1. The molecule has 0 heterocycles. The van der Waals surface area contributed by atoms with E-state index in [2.05, 4.69) is 20.8 Å². The van der Waals surface area contributed by atoms with Crippen LogP contribution in [-0.2, 0) is 4.79 Å². The Labute approximate surface area is 125 Å². The second kappa shape index (κ2) is 8.69. The minimum Gasteiger partial charge on any atom is -0.481 e. The third-order valence-corrected chi connectivity index (χ3v) is 5.73. The first kappa shape index (κ1) is 17.5. The van der Waals surface area contributed by atoms with Crippen LogP contribution in [0, 0.1) is 29.6 Å². The Morgan fingerprint density at radius 3 is 1.95 bits per heavy atom. The van der Waals surface area contributed by atoms with Crippen molar-refractivity contribution in [1.29, 1.82) is 0 Å². The Bertz CT molecular complexity index is 281. The number of carboxylic acids is 1. The SMILES string of the molecule is CC(CCC(C)C(C)CCC(C)C1CCCC1)C(=O)O. The number of carbonyl (C=O) groups is 1. The van der Waals surface area contributed by atoms with Crippen molar-refractivity contribution in [3.05, 3.63) is 0 Å². The third-order valence-electron chi connectivity index (χ3n) is 5.73. The van der Waals surface area contributed by atoms with Gasteiger partial charge in [-0.2, -0.15) is 0 Å². The Morgan fingerprint density at radius 1 is 0.950 bits per heavy atom. The highest BCUT2D eigenvalue weighted by Gasteiger charge is 2.23. The molecule has 1 rings (SSSR count). The van der Waals surface area contributed by atoms with Crippen LogP contribution in [0.2, 0.25) is 0 Å². The monoisotopic (exact) mass is 282 g/mol. The van der Waals surface area contributed by atoms with E-state index in [0.717, 1.165) is 30.6 Å². The van der Waals surface area contributed by atoms with Gasteiger partial charge >= 0.3 is 5.97 Å². The second-order valence-electron chi connectivity index (χ2n) is 7.37. The molecule has 0 radical (unpaired) electrons. The molecule has 2 nitrogen and oxygen atoms in total. The molecule has 4 unspecified atom stereocenters. The number of hydrogen-bond donors (Lipinski definition) is 1. The molecule has 1 saturated carbocycles. The molecular weight excluding hydrogens is 248 g/mol. The highest BCUT2D eigenvalue weighted by molar-refractivity contribution is 5.69. The zero-order valence-electron chi connectivity index (χ0n) is 13.9. The van der Waals surface area contributed by atoms with Gasteiger partial charge in [0.05, 0.1) is 5.92 Å². The summed E-state index contributed by atoms with van der Waals surface area (Å²) in [6.07, 6.45) is 10.3. The van der Waals surface area contributed by atoms with Crippen molar-refractivity contribution in [3.63, 3.8) is 0 Å². The topological polar surface area (TPSA) is 37.3 Å². The van der Waals surface area contributed by atoms with Gasteiger partial charge in [0.2, 0.25) is 0 Å². The van der Waals surface area contributed by atoms with E-state index in [1.54, 1.807) is 0 Å². The Hall–Kier alpha value is -0.530. The third kappa shape index (κ3) is 5.85. The lowest BCUT2D eigenvalue weighted by Gasteiger charge is -2.24. The molecule has 0 aromatic heterocycles. The van der Waals surface area contributed by atoms with Crippen LogP contribution in [-0.4, -0.2) is 11.1 Å². The van der Waals surface area contributed by atoms with Gasteiger partial charge in [0.1, 0.15) is 0 Å². The van der Waals surface area contributed by atoms with Crippen molar-refractivity contribution in [3.8, 4) is 0 Å². The molecule has 0 aromatic rings. The fourth-order valence-corrected chi connectivity index (χ4v) is 3.49. The van der Waals surface area contributed by atoms with Gasteiger partial charge in [-0.05, 0) is 36.5 Å². The van der Waals surface area contributed by atoms with Crippen LogP contribution in [0.3, 0.4) is 0 Å². The molecule has 0 aromatic carbocycles. The molecule has 118 valence electrons. The van der Waals surface area contributed by atoms with E-state index in [9.17, 15) is 4.79 Å². The molecule has 2 heteroatoms. The van der Waals surface area contributed by atoms with E-state index < -0.39 is 5.97 Å². The minimum atomic E-state index is -0.653. The predicted octanol–water partition coefficient (Wildman–Crippen LogP) is 5.37. The molecular formula is C18H34O2. The van der Waals surface area contributed by atoms with Gasteiger partial charge in [-0.25, -0.2) is 0 Å². The summed E-state index contributed by atoms with van der Waals surface area (Å²) in [7, 11) is 0. The van der Waals surface area contributed by atoms with E-state index in [1.165, 1.54) is 38.5 Å². The normalized spacial score (nSPS) is 22.4. The first-order chi connectivity index (χ1) is 9.41. The first-order valence-corrected chi connectivity index (χ1v) is 8.64. The van der Waals surface area contributed by atoms with E-state index in [1.807, 2.05) is 6.92 Å². The van der Waals surface area contributed by atoms with Gasteiger partial charge in [-0.3, -0.25) is 4.79 Å². The number of hydrogen-bond acceptors (Lipinski definition) is 1. The Kier molecular flexibility index (Phi) is 7.61. The lowest BCUT2D eigenvalue weighted by atomic mass is 9.81. The quantitative estimate of drug-likeness (QED) is 0.617. The van der Waals surface area contributed by atoms with Gasteiger partial charge in [-0.15, -0.1) is 0 Å². The Balaban J connectivity index is 2.20. The maximum atomic E-state index is 10.8. The molecule has 0 spiro atoms. The van der Waals surface area contributed by atoms with E-state index in [-0.39, 0.29) is 5.92 Å². The molecule has 1 aliphatic carbocycles. The average Bonchev–Trinajstić information content (AvgIpc) is 2.95. The lowest BCUT2D eigenvalue weighted by molar-refractivity contribution is -0.141. The molecule has 4 atom stereocenters.